The fourth-order valence-corrected chi connectivity index (χ4v) is 1.72. The lowest BCUT2D eigenvalue weighted by Gasteiger charge is -2.29. The summed E-state index contributed by atoms with van der Waals surface area (Å²) in [5, 5.41) is 11.5. The van der Waals surface area contributed by atoms with Crippen LogP contribution in [0, 0.1) is 5.41 Å². The van der Waals surface area contributed by atoms with Crippen molar-refractivity contribution in [3.8, 4) is 0 Å². The molecule has 1 unspecified atom stereocenters. The molecular weight excluding hydrogens is 302 g/mol. The number of rotatable bonds is 4. The average molecular weight is 318 g/mol. The smallest absolute Gasteiger partial charge is 0.305 e. The van der Waals surface area contributed by atoms with Crippen molar-refractivity contribution in [1.82, 2.24) is 5.32 Å². The minimum absolute atomic E-state index is 0.128. The van der Waals surface area contributed by atoms with Crippen LogP contribution in [0.3, 0.4) is 0 Å². The highest BCUT2D eigenvalue weighted by atomic mass is 79.9. The second-order valence-corrected chi connectivity index (χ2v) is 5.88. The maximum atomic E-state index is 11.9. The van der Waals surface area contributed by atoms with Gasteiger partial charge in [0.1, 0.15) is 0 Å². The summed E-state index contributed by atoms with van der Waals surface area (Å²) in [5.74, 6) is -1.21. The number of nitrogens with one attached hydrogen (secondary N) is 1. The van der Waals surface area contributed by atoms with Crippen LogP contribution in [0.25, 0.3) is 0 Å². The Morgan fingerprint density at radius 2 is 2.06 bits per heavy atom. The van der Waals surface area contributed by atoms with E-state index in [4.69, 9.17) is 9.52 Å². The number of amides is 1. The monoisotopic (exact) mass is 317 g/mol. The fraction of sp³-hybridized carbons (Fsp3) is 0.500. The summed E-state index contributed by atoms with van der Waals surface area (Å²) in [6.07, 6.45) is -0.128. The Bertz CT molecular complexity index is 447. The molecule has 0 radical (unpaired) electrons. The predicted molar refractivity (Wildman–Crippen MR) is 69.4 cm³/mol. The van der Waals surface area contributed by atoms with E-state index in [0.717, 1.165) is 0 Å². The molecule has 1 aromatic rings. The molecule has 0 saturated heterocycles. The first-order valence-corrected chi connectivity index (χ1v) is 6.27. The molecule has 18 heavy (non-hydrogen) atoms. The highest BCUT2D eigenvalue weighted by Crippen LogP contribution is 2.23. The van der Waals surface area contributed by atoms with E-state index in [2.05, 4.69) is 21.2 Å². The average Bonchev–Trinajstić information content (AvgIpc) is 2.61. The Morgan fingerprint density at radius 1 is 1.44 bits per heavy atom. The van der Waals surface area contributed by atoms with Gasteiger partial charge in [0.05, 0.1) is 6.42 Å². The normalized spacial score (nSPS) is 13.1. The minimum Gasteiger partial charge on any atom is -0.481 e. The Hall–Kier alpha value is -1.30. The molecule has 0 aliphatic rings. The molecule has 0 saturated carbocycles. The van der Waals surface area contributed by atoms with E-state index in [1.807, 2.05) is 20.8 Å². The van der Waals surface area contributed by atoms with Crippen LogP contribution >= 0.6 is 15.9 Å². The van der Waals surface area contributed by atoms with Crippen LogP contribution in [-0.4, -0.2) is 23.0 Å². The first-order chi connectivity index (χ1) is 8.20. The molecule has 0 aromatic carbocycles. The van der Waals surface area contributed by atoms with Crippen LogP contribution in [-0.2, 0) is 4.79 Å². The summed E-state index contributed by atoms with van der Waals surface area (Å²) >= 11 is 3.11. The van der Waals surface area contributed by atoms with Crippen LogP contribution in [0.1, 0.15) is 37.7 Å². The number of carbonyl (C=O) groups excluding carboxylic acids is 1. The number of carboxylic acid groups (broad SMARTS) is 1. The predicted octanol–water partition coefficient (Wildman–Crippen LogP) is 2.66. The minimum atomic E-state index is -0.948. The summed E-state index contributed by atoms with van der Waals surface area (Å²) in [7, 11) is 0. The molecule has 6 heteroatoms. The lowest BCUT2D eigenvalue weighted by molar-refractivity contribution is -0.138. The van der Waals surface area contributed by atoms with Gasteiger partial charge in [-0.15, -0.1) is 0 Å². The van der Waals surface area contributed by atoms with Gasteiger partial charge in [0.2, 0.25) is 0 Å². The van der Waals surface area contributed by atoms with E-state index >= 15 is 0 Å². The van der Waals surface area contributed by atoms with E-state index in [1.165, 1.54) is 6.07 Å². The van der Waals surface area contributed by atoms with E-state index in [-0.39, 0.29) is 17.6 Å². The molecule has 0 aliphatic heterocycles. The van der Waals surface area contributed by atoms with Gasteiger partial charge in [-0.3, -0.25) is 9.59 Å². The number of halogens is 1. The highest BCUT2D eigenvalue weighted by molar-refractivity contribution is 9.10. The van der Waals surface area contributed by atoms with Crippen molar-refractivity contribution in [3.05, 3.63) is 22.6 Å². The molecule has 5 nitrogen and oxygen atoms in total. The summed E-state index contributed by atoms with van der Waals surface area (Å²) in [6.45, 7) is 5.62. The summed E-state index contributed by atoms with van der Waals surface area (Å²) in [4.78, 5) is 22.7. The lowest BCUT2D eigenvalue weighted by atomic mass is 9.84. The van der Waals surface area contributed by atoms with Crippen molar-refractivity contribution >= 4 is 27.8 Å². The van der Waals surface area contributed by atoms with Gasteiger partial charge in [0.25, 0.3) is 5.91 Å². The van der Waals surface area contributed by atoms with Gasteiger partial charge in [-0.25, -0.2) is 0 Å². The molecule has 1 atom stereocenters. The van der Waals surface area contributed by atoms with Crippen molar-refractivity contribution in [1.29, 1.82) is 0 Å². The number of carboxylic acids is 1. The number of hydrogen-bond acceptors (Lipinski definition) is 3. The third kappa shape index (κ3) is 4.18. The van der Waals surface area contributed by atoms with E-state index < -0.39 is 17.9 Å². The number of carbonyl (C=O) groups is 2. The molecule has 1 amide bonds. The quantitative estimate of drug-likeness (QED) is 0.894. The van der Waals surface area contributed by atoms with Crippen LogP contribution in [0.2, 0.25) is 0 Å². The second-order valence-electron chi connectivity index (χ2n) is 5.09. The van der Waals surface area contributed by atoms with Gasteiger partial charge in [-0.05, 0) is 33.5 Å². The molecule has 100 valence electrons. The molecule has 0 fully saturated rings. The highest BCUT2D eigenvalue weighted by Gasteiger charge is 2.29. The Kier molecular flexibility index (Phi) is 4.56. The first-order valence-electron chi connectivity index (χ1n) is 5.48. The third-order valence-corrected chi connectivity index (χ3v) is 2.95. The molecular formula is C12H16BrNO4. The standard InChI is InChI=1S/C12H16BrNO4/c1-12(2,3)8(6-10(15)16)14-11(17)7-4-5-9(13)18-7/h4-5,8H,6H2,1-3H3,(H,14,17)(H,15,16). The Balaban J connectivity index is 2.78. The van der Waals surface area contributed by atoms with Gasteiger partial charge in [-0.1, -0.05) is 20.8 Å². The summed E-state index contributed by atoms with van der Waals surface area (Å²) in [6, 6.07) is 2.67. The van der Waals surface area contributed by atoms with Crippen LogP contribution in [0.5, 0.6) is 0 Å². The third-order valence-electron chi connectivity index (χ3n) is 2.53. The molecule has 1 rings (SSSR count). The number of hydrogen-bond donors (Lipinski definition) is 2. The molecule has 0 aliphatic carbocycles. The van der Waals surface area contributed by atoms with E-state index in [1.54, 1.807) is 6.07 Å². The topological polar surface area (TPSA) is 79.5 Å². The molecule has 2 N–H and O–H groups in total. The van der Waals surface area contributed by atoms with Crippen molar-refractivity contribution < 1.29 is 19.1 Å². The summed E-state index contributed by atoms with van der Waals surface area (Å²) in [5.41, 5.74) is -0.349. The van der Waals surface area contributed by atoms with E-state index in [9.17, 15) is 9.59 Å². The zero-order chi connectivity index (χ0) is 13.9. The van der Waals surface area contributed by atoms with Crippen molar-refractivity contribution in [2.75, 3.05) is 0 Å². The Labute approximate surface area is 114 Å². The Morgan fingerprint density at radius 3 is 2.44 bits per heavy atom. The molecule has 1 heterocycles. The first kappa shape index (κ1) is 14.8. The zero-order valence-corrected chi connectivity index (χ0v) is 12.1. The SMILES string of the molecule is CC(C)(C)C(CC(=O)O)NC(=O)c1ccc(Br)o1. The fourth-order valence-electron chi connectivity index (χ4n) is 1.41. The van der Waals surface area contributed by atoms with Gasteiger partial charge in [-0.2, -0.15) is 0 Å². The maximum absolute atomic E-state index is 11.9. The number of furan rings is 1. The van der Waals surface area contributed by atoms with Gasteiger partial charge < -0.3 is 14.8 Å². The largest absolute Gasteiger partial charge is 0.481 e. The summed E-state index contributed by atoms with van der Waals surface area (Å²) < 4.78 is 5.58. The van der Waals surface area contributed by atoms with Crippen LogP contribution < -0.4 is 5.32 Å². The van der Waals surface area contributed by atoms with E-state index in [0.29, 0.717) is 4.67 Å². The maximum Gasteiger partial charge on any atom is 0.305 e. The number of aliphatic carboxylic acids is 1. The van der Waals surface area contributed by atoms with Crippen LogP contribution in [0.15, 0.2) is 21.2 Å². The van der Waals surface area contributed by atoms with Crippen molar-refractivity contribution in [2.45, 2.75) is 33.2 Å². The molecule has 0 spiro atoms. The van der Waals surface area contributed by atoms with Crippen LogP contribution in [0.4, 0.5) is 0 Å². The van der Waals surface area contributed by atoms with Gasteiger partial charge in [0.15, 0.2) is 10.4 Å². The molecule has 0 bridgehead atoms. The lowest BCUT2D eigenvalue weighted by Crippen LogP contribution is -2.44. The zero-order valence-electron chi connectivity index (χ0n) is 10.5. The van der Waals surface area contributed by atoms with Gasteiger partial charge >= 0.3 is 5.97 Å². The van der Waals surface area contributed by atoms with Gasteiger partial charge in [0, 0.05) is 6.04 Å². The molecule has 1 aromatic heterocycles. The van der Waals surface area contributed by atoms with Crippen molar-refractivity contribution in [3.63, 3.8) is 0 Å². The van der Waals surface area contributed by atoms with Crippen molar-refractivity contribution in [2.24, 2.45) is 5.41 Å². The second kappa shape index (κ2) is 5.56.